The van der Waals surface area contributed by atoms with Crippen LogP contribution < -0.4 is 10.1 Å². The van der Waals surface area contributed by atoms with Crippen LogP contribution in [-0.4, -0.2) is 22.5 Å². The van der Waals surface area contributed by atoms with Gasteiger partial charge >= 0.3 is 0 Å². The van der Waals surface area contributed by atoms with Crippen LogP contribution in [0.5, 0.6) is 5.75 Å². The van der Waals surface area contributed by atoms with Gasteiger partial charge < -0.3 is 15.0 Å². The van der Waals surface area contributed by atoms with Crippen LogP contribution in [0.15, 0.2) is 85.2 Å². The van der Waals surface area contributed by atoms with Gasteiger partial charge in [0.15, 0.2) is 6.61 Å². The van der Waals surface area contributed by atoms with Crippen molar-refractivity contribution in [1.29, 1.82) is 0 Å². The molecule has 0 aliphatic rings. The van der Waals surface area contributed by atoms with Crippen LogP contribution >= 0.6 is 0 Å². The summed E-state index contributed by atoms with van der Waals surface area (Å²) in [5, 5.41) is 5.14. The summed E-state index contributed by atoms with van der Waals surface area (Å²) in [7, 11) is 0. The number of aromatic nitrogens is 2. The largest absolute Gasteiger partial charge is 0.483 e. The first-order valence-electron chi connectivity index (χ1n) is 9.23. The molecule has 1 atom stereocenters. The Morgan fingerprint density at radius 1 is 1.00 bits per heavy atom. The highest BCUT2D eigenvalue weighted by atomic mass is 16.5. The molecule has 0 spiro atoms. The van der Waals surface area contributed by atoms with Gasteiger partial charge in [0.2, 0.25) is 0 Å². The lowest BCUT2D eigenvalue weighted by molar-refractivity contribution is -0.123. The van der Waals surface area contributed by atoms with E-state index in [1.54, 1.807) is 12.4 Å². The fourth-order valence-electron chi connectivity index (χ4n) is 3.24. The first-order chi connectivity index (χ1) is 13.8. The molecule has 1 aromatic heterocycles. The van der Waals surface area contributed by atoms with Gasteiger partial charge in [0, 0.05) is 24.2 Å². The highest BCUT2D eigenvalue weighted by molar-refractivity contribution is 5.88. The minimum atomic E-state index is -0.184. The summed E-state index contributed by atoms with van der Waals surface area (Å²) in [6.07, 6.45) is 4.07. The molecule has 4 rings (SSSR count). The monoisotopic (exact) mass is 371 g/mol. The zero-order chi connectivity index (χ0) is 19.2. The Morgan fingerprint density at radius 3 is 2.61 bits per heavy atom. The molecule has 0 aliphatic carbocycles. The van der Waals surface area contributed by atoms with Crippen molar-refractivity contribution in [3.63, 3.8) is 0 Å². The number of ether oxygens (including phenoxy) is 1. The Morgan fingerprint density at radius 2 is 1.79 bits per heavy atom. The third-order valence-corrected chi connectivity index (χ3v) is 4.60. The molecule has 0 unspecified atom stereocenters. The van der Waals surface area contributed by atoms with Crippen LogP contribution in [0.2, 0.25) is 0 Å². The molecule has 28 heavy (non-hydrogen) atoms. The van der Waals surface area contributed by atoms with Gasteiger partial charge in [-0.3, -0.25) is 4.79 Å². The molecular weight excluding hydrogens is 350 g/mol. The maximum absolute atomic E-state index is 12.6. The van der Waals surface area contributed by atoms with Crippen molar-refractivity contribution in [3.05, 3.63) is 96.6 Å². The van der Waals surface area contributed by atoms with Gasteiger partial charge in [0.1, 0.15) is 11.6 Å². The van der Waals surface area contributed by atoms with Crippen molar-refractivity contribution in [2.45, 2.75) is 12.5 Å². The molecule has 140 valence electrons. The summed E-state index contributed by atoms with van der Waals surface area (Å²) in [4.78, 5) is 20.0. The number of nitrogens with one attached hydrogen (secondary N) is 2. The Labute approximate surface area is 163 Å². The van der Waals surface area contributed by atoms with E-state index < -0.39 is 0 Å². The normalized spacial score (nSPS) is 11.9. The van der Waals surface area contributed by atoms with Crippen LogP contribution in [0, 0.1) is 0 Å². The molecule has 0 radical (unpaired) electrons. The SMILES string of the molecule is O=C(COc1cccc2ccccc12)N[C@H](Cc1ncc[nH]1)c1ccccc1. The summed E-state index contributed by atoms with van der Waals surface area (Å²) in [6, 6.07) is 23.5. The van der Waals surface area contributed by atoms with Gasteiger partial charge in [-0.2, -0.15) is 0 Å². The van der Waals surface area contributed by atoms with Crippen LogP contribution in [0.3, 0.4) is 0 Å². The standard InChI is InChI=1S/C23H21N3O2/c27-23(16-28-21-12-6-10-17-7-4-5-11-19(17)21)26-20(15-22-24-13-14-25-22)18-8-2-1-3-9-18/h1-14,20H,15-16H2,(H,24,25)(H,26,27)/t20-/m1/s1. The van der Waals surface area contributed by atoms with E-state index in [0.29, 0.717) is 12.2 Å². The number of nitrogens with zero attached hydrogens (tertiary/aromatic N) is 1. The van der Waals surface area contributed by atoms with Gasteiger partial charge in [-0.05, 0) is 17.0 Å². The predicted octanol–water partition coefficient (Wildman–Crippen LogP) is 4.04. The number of aromatic amines is 1. The fourth-order valence-corrected chi connectivity index (χ4v) is 3.24. The first kappa shape index (κ1) is 17.8. The summed E-state index contributed by atoms with van der Waals surface area (Å²) in [5.74, 6) is 1.35. The minimum Gasteiger partial charge on any atom is -0.483 e. The summed E-state index contributed by atoms with van der Waals surface area (Å²) >= 11 is 0. The minimum absolute atomic E-state index is 0.0461. The smallest absolute Gasteiger partial charge is 0.258 e. The van der Waals surface area contributed by atoms with E-state index >= 15 is 0 Å². The van der Waals surface area contributed by atoms with Gasteiger partial charge in [0.05, 0.1) is 6.04 Å². The molecular formula is C23H21N3O2. The number of H-pyrrole nitrogens is 1. The van der Waals surface area contributed by atoms with E-state index in [0.717, 1.165) is 22.2 Å². The van der Waals surface area contributed by atoms with Gasteiger partial charge in [0.25, 0.3) is 5.91 Å². The zero-order valence-corrected chi connectivity index (χ0v) is 15.3. The Kier molecular flexibility index (Phi) is 5.33. The Balaban J connectivity index is 1.45. The maximum atomic E-state index is 12.6. The van der Waals surface area contributed by atoms with Crippen molar-refractivity contribution in [2.75, 3.05) is 6.61 Å². The van der Waals surface area contributed by atoms with Crippen LogP contribution in [0.4, 0.5) is 0 Å². The average molecular weight is 371 g/mol. The lowest BCUT2D eigenvalue weighted by Crippen LogP contribution is -2.34. The second-order valence-electron chi connectivity index (χ2n) is 6.54. The Hall–Kier alpha value is -3.60. The van der Waals surface area contributed by atoms with Crippen molar-refractivity contribution < 1.29 is 9.53 Å². The van der Waals surface area contributed by atoms with E-state index in [-0.39, 0.29) is 18.6 Å². The summed E-state index contributed by atoms with van der Waals surface area (Å²) in [6.45, 7) is -0.0461. The van der Waals surface area contributed by atoms with Crippen molar-refractivity contribution in [1.82, 2.24) is 15.3 Å². The molecule has 4 aromatic rings. The van der Waals surface area contributed by atoms with Gasteiger partial charge in [-0.1, -0.05) is 66.7 Å². The molecule has 3 aromatic carbocycles. The molecule has 0 saturated carbocycles. The Bertz CT molecular complexity index is 1040. The topological polar surface area (TPSA) is 67.0 Å². The van der Waals surface area contributed by atoms with E-state index in [9.17, 15) is 4.79 Å². The zero-order valence-electron chi connectivity index (χ0n) is 15.3. The lowest BCUT2D eigenvalue weighted by atomic mass is 10.0. The maximum Gasteiger partial charge on any atom is 0.258 e. The second kappa shape index (κ2) is 8.39. The van der Waals surface area contributed by atoms with Crippen molar-refractivity contribution in [2.24, 2.45) is 0 Å². The van der Waals surface area contributed by atoms with Gasteiger partial charge in [-0.15, -0.1) is 0 Å². The molecule has 0 fully saturated rings. The fraction of sp³-hybridized carbons (Fsp3) is 0.130. The molecule has 5 nitrogen and oxygen atoms in total. The average Bonchev–Trinajstić information content (AvgIpc) is 3.25. The van der Waals surface area contributed by atoms with Gasteiger partial charge in [-0.25, -0.2) is 4.98 Å². The number of hydrogen-bond donors (Lipinski definition) is 2. The molecule has 1 heterocycles. The highest BCUT2D eigenvalue weighted by Crippen LogP contribution is 2.25. The summed E-state index contributed by atoms with van der Waals surface area (Å²) < 4.78 is 5.82. The predicted molar refractivity (Wildman–Crippen MR) is 109 cm³/mol. The third kappa shape index (κ3) is 4.20. The number of amides is 1. The van der Waals surface area contributed by atoms with Crippen LogP contribution in [0.1, 0.15) is 17.4 Å². The first-order valence-corrected chi connectivity index (χ1v) is 9.23. The van der Waals surface area contributed by atoms with Crippen molar-refractivity contribution >= 4 is 16.7 Å². The summed E-state index contributed by atoms with van der Waals surface area (Å²) in [5.41, 5.74) is 1.03. The van der Waals surface area contributed by atoms with E-state index in [2.05, 4.69) is 15.3 Å². The number of rotatable bonds is 7. The van der Waals surface area contributed by atoms with Crippen LogP contribution in [0.25, 0.3) is 10.8 Å². The van der Waals surface area contributed by atoms with Crippen molar-refractivity contribution in [3.8, 4) is 5.75 Å². The highest BCUT2D eigenvalue weighted by Gasteiger charge is 2.17. The lowest BCUT2D eigenvalue weighted by Gasteiger charge is -2.19. The number of fused-ring (bicyclic) bond motifs is 1. The third-order valence-electron chi connectivity index (χ3n) is 4.60. The second-order valence-corrected chi connectivity index (χ2v) is 6.54. The number of hydrogen-bond acceptors (Lipinski definition) is 3. The molecule has 0 saturated heterocycles. The number of benzene rings is 3. The molecule has 5 heteroatoms. The van der Waals surface area contributed by atoms with E-state index in [1.807, 2.05) is 72.8 Å². The quantitative estimate of drug-likeness (QED) is 0.515. The number of imidazole rings is 1. The molecule has 0 bridgehead atoms. The van der Waals surface area contributed by atoms with E-state index in [4.69, 9.17) is 4.74 Å². The molecule has 1 amide bonds. The van der Waals surface area contributed by atoms with E-state index in [1.165, 1.54) is 0 Å². The van der Waals surface area contributed by atoms with Crippen LogP contribution in [-0.2, 0) is 11.2 Å². The number of carbonyl (C=O) groups is 1. The molecule has 2 N–H and O–H groups in total. The number of carbonyl (C=O) groups excluding carboxylic acids is 1. The molecule has 0 aliphatic heterocycles.